The first kappa shape index (κ1) is 13.6. The summed E-state index contributed by atoms with van der Waals surface area (Å²) >= 11 is 3.49. The highest BCUT2D eigenvalue weighted by molar-refractivity contribution is 9.10. The Morgan fingerprint density at radius 3 is 2.72 bits per heavy atom. The van der Waals surface area contributed by atoms with Crippen LogP contribution in [0, 0.1) is 18.8 Å². The summed E-state index contributed by atoms with van der Waals surface area (Å²) in [7, 11) is 0. The number of carbonyl (C=O) groups is 1. The Morgan fingerprint density at radius 2 is 2.17 bits per heavy atom. The largest absolute Gasteiger partial charge is 0.338 e. The molecule has 0 saturated carbocycles. The molecule has 1 saturated heterocycles. The minimum Gasteiger partial charge on any atom is -0.338 e. The van der Waals surface area contributed by atoms with Gasteiger partial charge in [-0.25, -0.2) is 0 Å². The molecule has 1 aliphatic rings. The number of benzene rings is 1. The van der Waals surface area contributed by atoms with Gasteiger partial charge in [0.1, 0.15) is 0 Å². The third-order valence-electron chi connectivity index (χ3n) is 3.81. The van der Waals surface area contributed by atoms with E-state index in [1.54, 1.807) is 0 Å². The van der Waals surface area contributed by atoms with Crippen LogP contribution in [0.2, 0.25) is 0 Å². The Balaban J connectivity index is 2.13. The minimum atomic E-state index is 0.157. The predicted octanol–water partition coefficient (Wildman–Crippen LogP) is 3.88. The second-order valence-corrected chi connectivity index (χ2v) is 6.38. The lowest BCUT2D eigenvalue weighted by atomic mass is 9.95. The molecule has 1 aromatic rings. The molecule has 98 valence electrons. The van der Waals surface area contributed by atoms with E-state index in [1.165, 1.54) is 5.56 Å². The molecule has 1 aliphatic heterocycles. The molecular weight excluding hydrogens is 290 g/mol. The van der Waals surface area contributed by atoms with E-state index in [-0.39, 0.29) is 5.91 Å². The average Bonchev–Trinajstić information content (AvgIpc) is 2.77. The number of rotatable bonds is 2. The Morgan fingerprint density at radius 1 is 1.44 bits per heavy atom. The number of likely N-dealkylation sites (tertiary alicyclic amines) is 1. The molecule has 1 aromatic carbocycles. The smallest absolute Gasteiger partial charge is 0.255 e. The van der Waals surface area contributed by atoms with Gasteiger partial charge < -0.3 is 4.90 Å². The first-order valence-electron chi connectivity index (χ1n) is 6.54. The van der Waals surface area contributed by atoms with Gasteiger partial charge in [-0.05, 0) is 58.8 Å². The molecule has 2 rings (SSSR count). The van der Waals surface area contributed by atoms with Gasteiger partial charge in [-0.1, -0.05) is 19.9 Å². The van der Waals surface area contributed by atoms with Crippen molar-refractivity contribution >= 4 is 21.8 Å². The zero-order valence-electron chi connectivity index (χ0n) is 11.2. The summed E-state index contributed by atoms with van der Waals surface area (Å²) in [6.45, 7) is 8.29. The number of nitrogens with zero attached hydrogens (tertiary/aromatic N) is 1. The molecule has 0 aromatic heterocycles. The fourth-order valence-electron chi connectivity index (χ4n) is 2.48. The number of halogens is 1. The summed E-state index contributed by atoms with van der Waals surface area (Å²) in [6.07, 6.45) is 1.13. The van der Waals surface area contributed by atoms with Gasteiger partial charge in [-0.2, -0.15) is 0 Å². The quantitative estimate of drug-likeness (QED) is 0.812. The second kappa shape index (κ2) is 5.43. The van der Waals surface area contributed by atoms with Crippen molar-refractivity contribution in [1.29, 1.82) is 0 Å². The summed E-state index contributed by atoms with van der Waals surface area (Å²) in [6, 6.07) is 5.92. The molecule has 0 spiro atoms. The lowest BCUT2D eigenvalue weighted by molar-refractivity contribution is 0.0783. The number of hydrogen-bond donors (Lipinski definition) is 0. The van der Waals surface area contributed by atoms with Crippen molar-refractivity contribution in [2.75, 3.05) is 13.1 Å². The molecule has 0 bridgehead atoms. The maximum absolute atomic E-state index is 12.4. The van der Waals surface area contributed by atoms with Crippen molar-refractivity contribution in [2.45, 2.75) is 27.2 Å². The van der Waals surface area contributed by atoms with Gasteiger partial charge in [0.25, 0.3) is 5.91 Å². The lowest BCUT2D eigenvalue weighted by Gasteiger charge is -2.19. The normalized spacial score (nSPS) is 19.6. The Kier molecular flexibility index (Phi) is 4.10. The standard InChI is InChI=1S/C15H20BrNO/c1-10(2)12-6-7-17(9-12)15(18)13-5-4-11(3)8-14(13)16/h4-5,8,10,12H,6-7,9H2,1-3H3. The van der Waals surface area contributed by atoms with Crippen LogP contribution in [0.4, 0.5) is 0 Å². The maximum Gasteiger partial charge on any atom is 0.255 e. The fourth-order valence-corrected chi connectivity index (χ4v) is 3.14. The molecule has 3 heteroatoms. The molecule has 2 nitrogen and oxygen atoms in total. The zero-order chi connectivity index (χ0) is 13.3. The van der Waals surface area contributed by atoms with Crippen LogP contribution in [0.5, 0.6) is 0 Å². The third-order valence-corrected chi connectivity index (χ3v) is 4.47. The van der Waals surface area contributed by atoms with Crippen molar-refractivity contribution in [3.8, 4) is 0 Å². The molecule has 1 fully saturated rings. The van der Waals surface area contributed by atoms with Crippen molar-refractivity contribution in [3.63, 3.8) is 0 Å². The Hall–Kier alpha value is -0.830. The van der Waals surface area contributed by atoms with E-state index in [1.807, 2.05) is 30.0 Å². The van der Waals surface area contributed by atoms with Gasteiger partial charge in [-0.15, -0.1) is 0 Å². The monoisotopic (exact) mass is 309 g/mol. The maximum atomic E-state index is 12.4. The van der Waals surface area contributed by atoms with Crippen molar-refractivity contribution < 1.29 is 4.79 Å². The lowest BCUT2D eigenvalue weighted by Crippen LogP contribution is -2.29. The van der Waals surface area contributed by atoms with Crippen LogP contribution in [0.15, 0.2) is 22.7 Å². The van der Waals surface area contributed by atoms with Crippen LogP contribution in [-0.2, 0) is 0 Å². The average molecular weight is 310 g/mol. The van der Waals surface area contributed by atoms with Crippen LogP contribution < -0.4 is 0 Å². The van der Waals surface area contributed by atoms with Gasteiger partial charge in [0, 0.05) is 17.6 Å². The molecule has 0 aliphatic carbocycles. The van der Waals surface area contributed by atoms with Gasteiger partial charge in [0.2, 0.25) is 0 Å². The van der Waals surface area contributed by atoms with E-state index < -0.39 is 0 Å². The summed E-state index contributed by atoms with van der Waals surface area (Å²) < 4.78 is 0.903. The number of carbonyl (C=O) groups excluding carboxylic acids is 1. The van der Waals surface area contributed by atoms with Gasteiger partial charge in [-0.3, -0.25) is 4.79 Å². The van der Waals surface area contributed by atoms with Crippen LogP contribution in [0.3, 0.4) is 0 Å². The first-order valence-corrected chi connectivity index (χ1v) is 7.33. The molecule has 18 heavy (non-hydrogen) atoms. The number of amides is 1. The number of aryl methyl sites for hydroxylation is 1. The summed E-state index contributed by atoms with van der Waals surface area (Å²) in [5.41, 5.74) is 1.95. The van der Waals surface area contributed by atoms with Crippen molar-refractivity contribution in [2.24, 2.45) is 11.8 Å². The van der Waals surface area contributed by atoms with Crippen LogP contribution in [-0.4, -0.2) is 23.9 Å². The molecule has 0 radical (unpaired) electrons. The van der Waals surface area contributed by atoms with E-state index >= 15 is 0 Å². The third kappa shape index (κ3) is 2.77. The molecular formula is C15H20BrNO. The molecule has 1 atom stereocenters. The van der Waals surface area contributed by atoms with Crippen LogP contribution in [0.1, 0.15) is 36.2 Å². The molecule has 1 unspecified atom stereocenters. The zero-order valence-corrected chi connectivity index (χ0v) is 12.8. The van der Waals surface area contributed by atoms with Gasteiger partial charge >= 0.3 is 0 Å². The van der Waals surface area contributed by atoms with Crippen molar-refractivity contribution in [1.82, 2.24) is 4.90 Å². The summed E-state index contributed by atoms with van der Waals surface area (Å²) in [4.78, 5) is 14.4. The highest BCUT2D eigenvalue weighted by Crippen LogP contribution is 2.27. The number of hydrogen-bond acceptors (Lipinski definition) is 1. The van der Waals surface area contributed by atoms with E-state index in [0.717, 1.165) is 29.5 Å². The van der Waals surface area contributed by atoms with Crippen molar-refractivity contribution in [3.05, 3.63) is 33.8 Å². The Bertz CT molecular complexity index is 456. The van der Waals surface area contributed by atoms with Crippen LogP contribution >= 0.6 is 15.9 Å². The summed E-state index contributed by atoms with van der Waals surface area (Å²) in [5.74, 6) is 1.47. The topological polar surface area (TPSA) is 20.3 Å². The van der Waals surface area contributed by atoms with Crippen LogP contribution in [0.25, 0.3) is 0 Å². The SMILES string of the molecule is Cc1ccc(C(=O)N2CCC(C(C)C)C2)c(Br)c1. The minimum absolute atomic E-state index is 0.157. The van der Waals surface area contributed by atoms with Gasteiger partial charge in [0.15, 0.2) is 0 Å². The van der Waals surface area contributed by atoms with Gasteiger partial charge in [0.05, 0.1) is 5.56 Å². The Labute approximate surface area is 117 Å². The van der Waals surface area contributed by atoms with E-state index in [0.29, 0.717) is 11.8 Å². The first-order chi connectivity index (χ1) is 8.49. The highest BCUT2D eigenvalue weighted by Gasteiger charge is 2.29. The fraction of sp³-hybridized carbons (Fsp3) is 0.533. The molecule has 1 amide bonds. The van der Waals surface area contributed by atoms with E-state index in [2.05, 4.69) is 29.8 Å². The predicted molar refractivity (Wildman–Crippen MR) is 77.7 cm³/mol. The molecule has 1 heterocycles. The molecule has 0 N–H and O–H groups in total. The second-order valence-electron chi connectivity index (χ2n) is 5.53. The van der Waals surface area contributed by atoms with E-state index in [9.17, 15) is 4.79 Å². The highest BCUT2D eigenvalue weighted by atomic mass is 79.9. The summed E-state index contributed by atoms with van der Waals surface area (Å²) in [5, 5.41) is 0. The van der Waals surface area contributed by atoms with E-state index in [4.69, 9.17) is 0 Å².